The van der Waals surface area contributed by atoms with Gasteiger partial charge in [-0.25, -0.2) is 9.18 Å². The molecule has 0 aliphatic rings. The van der Waals surface area contributed by atoms with Crippen molar-refractivity contribution in [2.75, 3.05) is 12.3 Å². The smallest absolute Gasteiger partial charge is 0.341 e. The molecule has 0 saturated carbocycles. The van der Waals surface area contributed by atoms with Crippen molar-refractivity contribution < 1.29 is 23.8 Å². The molecule has 0 aliphatic carbocycles. The monoisotopic (exact) mass is 381 g/mol. The van der Waals surface area contributed by atoms with Gasteiger partial charge in [-0.05, 0) is 35.9 Å². The zero-order chi connectivity index (χ0) is 17.0. The van der Waals surface area contributed by atoms with Crippen LogP contribution in [0.3, 0.4) is 0 Å². The van der Waals surface area contributed by atoms with Crippen LogP contribution in [0.5, 0.6) is 5.75 Å². The number of aliphatic carboxylic acids is 1. The lowest BCUT2D eigenvalue weighted by Crippen LogP contribution is -2.13. The standard InChI is InChI=1S/C16H13BrFNO4/c17-10-2-1-9(13(18)6-10)5-14(20)12-7-11(19)3-4-15(12)23-8-16(21)22/h1-4,6-7H,5,8,19H2,(H,21,22). The maximum absolute atomic E-state index is 13.8. The second kappa shape index (κ2) is 7.23. The Morgan fingerprint density at radius 1 is 1.22 bits per heavy atom. The molecule has 120 valence electrons. The van der Waals surface area contributed by atoms with E-state index in [-0.39, 0.29) is 23.3 Å². The number of carbonyl (C=O) groups is 2. The molecule has 3 N–H and O–H groups in total. The second-order valence-electron chi connectivity index (χ2n) is 4.77. The molecule has 0 saturated heterocycles. The van der Waals surface area contributed by atoms with Crippen LogP contribution in [0, 0.1) is 5.82 Å². The number of anilines is 1. The summed E-state index contributed by atoms with van der Waals surface area (Å²) >= 11 is 3.15. The summed E-state index contributed by atoms with van der Waals surface area (Å²) in [5.41, 5.74) is 6.33. The van der Waals surface area contributed by atoms with Gasteiger partial charge in [-0.3, -0.25) is 4.79 Å². The van der Waals surface area contributed by atoms with E-state index in [1.165, 1.54) is 30.3 Å². The molecule has 0 aliphatic heterocycles. The van der Waals surface area contributed by atoms with E-state index in [2.05, 4.69) is 15.9 Å². The Labute approximate surface area is 140 Å². The van der Waals surface area contributed by atoms with Crippen LogP contribution in [-0.4, -0.2) is 23.5 Å². The molecule has 0 radical (unpaired) electrons. The van der Waals surface area contributed by atoms with Gasteiger partial charge in [0.05, 0.1) is 5.56 Å². The van der Waals surface area contributed by atoms with Crippen molar-refractivity contribution in [1.29, 1.82) is 0 Å². The quantitative estimate of drug-likeness (QED) is 0.592. The maximum Gasteiger partial charge on any atom is 0.341 e. The Morgan fingerprint density at radius 3 is 2.61 bits per heavy atom. The number of ketones is 1. The number of nitrogen functional groups attached to an aromatic ring is 1. The highest BCUT2D eigenvalue weighted by Crippen LogP contribution is 2.24. The van der Waals surface area contributed by atoms with E-state index in [9.17, 15) is 14.0 Å². The molecule has 2 rings (SSSR count). The molecule has 0 bridgehead atoms. The van der Waals surface area contributed by atoms with Crippen LogP contribution in [0.1, 0.15) is 15.9 Å². The van der Waals surface area contributed by atoms with Crippen molar-refractivity contribution in [3.8, 4) is 5.75 Å². The van der Waals surface area contributed by atoms with Crippen molar-refractivity contribution in [2.24, 2.45) is 0 Å². The van der Waals surface area contributed by atoms with Crippen LogP contribution in [0.15, 0.2) is 40.9 Å². The maximum atomic E-state index is 13.8. The SMILES string of the molecule is Nc1ccc(OCC(=O)O)c(C(=O)Cc2ccc(Br)cc2F)c1. The first-order chi connectivity index (χ1) is 10.9. The zero-order valence-corrected chi connectivity index (χ0v) is 13.5. The number of hydrogen-bond acceptors (Lipinski definition) is 4. The molecule has 23 heavy (non-hydrogen) atoms. The number of nitrogens with two attached hydrogens (primary N) is 1. The molecule has 0 atom stereocenters. The Hall–Kier alpha value is -2.41. The second-order valence-corrected chi connectivity index (χ2v) is 5.69. The Morgan fingerprint density at radius 2 is 1.96 bits per heavy atom. The van der Waals surface area contributed by atoms with Crippen molar-refractivity contribution in [2.45, 2.75) is 6.42 Å². The molecule has 0 heterocycles. The Bertz CT molecular complexity index is 764. The minimum atomic E-state index is -1.17. The summed E-state index contributed by atoms with van der Waals surface area (Å²) in [6.45, 7) is -0.586. The summed E-state index contributed by atoms with van der Waals surface area (Å²) in [4.78, 5) is 23.0. The van der Waals surface area contributed by atoms with Crippen molar-refractivity contribution in [1.82, 2.24) is 0 Å². The number of carboxylic acid groups (broad SMARTS) is 1. The van der Waals surface area contributed by atoms with Gasteiger partial charge in [-0.2, -0.15) is 0 Å². The lowest BCUT2D eigenvalue weighted by atomic mass is 10.0. The van der Waals surface area contributed by atoms with Crippen LogP contribution in [0.2, 0.25) is 0 Å². The fourth-order valence-electron chi connectivity index (χ4n) is 1.96. The summed E-state index contributed by atoms with van der Waals surface area (Å²) in [6.07, 6.45) is -0.188. The summed E-state index contributed by atoms with van der Waals surface area (Å²) in [5, 5.41) is 8.67. The molecule has 2 aromatic rings. The first kappa shape index (κ1) is 17.0. The number of Topliss-reactive ketones (excluding diaryl/α,β-unsaturated/α-hetero) is 1. The number of ether oxygens (including phenoxy) is 1. The first-order valence-electron chi connectivity index (χ1n) is 6.58. The van der Waals surface area contributed by atoms with E-state index in [1.807, 2.05) is 0 Å². The number of rotatable bonds is 6. The van der Waals surface area contributed by atoms with Crippen LogP contribution >= 0.6 is 15.9 Å². The number of carbonyl (C=O) groups excluding carboxylic acids is 1. The predicted octanol–water partition coefficient (Wildman–Crippen LogP) is 3.06. The third kappa shape index (κ3) is 4.53. The number of carboxylic acids is 1. The Balaban J connectivity index is 2.27. The van der Waals surface area contributed by atoms with E-state index in [4.69, 9.17) is 15.6 Å². The van der Waals surface area contributed by atoms with Gasteiger partial charge in [0.25, 0.3) is 0 Å². The first-order valence-corrected chi connectivity index (χ1v) is 7.37. The van der Waals surface area contributed by atoms with Gasteiger partial charge in [0.1, 0.15) is 11.6 Å². The average Bonchev–Trinajstić information content (AvgIpc) is 2.48. The summed E-state index contributed by atoms with van der Waals surface area (Å²) in [7, 11) is 0. The van der Waals surface area contributed by atoms with Gasteiger partial charge in [0.15, 0.2) is 12.4 Å². The number of hydrogen-bond donors (Lipinski definition) is 2. The largest absolute Gasteiger partial charge is 0.481 e. The highest BCUT2D eigenvalue weighted by atomic mass is 79.9. The molecule has 2 aromatic carbocycles. The lowest BCUT2D eigenvalue weighted by molar-refractivity contribution is -0.139. The van der Waals surface area contributed by atoms with Gasteiger partial charge in [0, 0.05) is 16.6 Å². The average molecular weight is 382 g/mol. The molecular weight excluding hydrogens is 369 g/mol. The van der Waals surface area contributed by atoms with Crippen LogP contribution < -0.4 is 10.5 Å². The molecule has 7 heteroatoms. The van der Waals surface area contributed by atoms with Crippen molar-refractivity contribution in [3.05, 3.63) is 57.8 Å². The summed E-state index contributed by atoms with van der Waals surface area (Å²) in [6, 6.07) is 8.70. The summed E-state index contributed by atoms with van der Waals surface area (Å²) < 4.78 is 19.5. The van der Waals surface area contributed by atoms with Crippen molar-refractivity contribution >= 4 is 33.4 Å². The molecule has 0 amide bonds. The van der Waals surface area contributed by atoms with E-state index in [0.717, 1.165) is 0 Å². The molecule has 0 aromatic heterocycles. The highest BCUT2D eigenvalue weighted by Gasteiger charge is 2.16. The topological polar surface area (TPSA) is 89.6 Å². The Kier molecular flexibility index (Phi) is 5.33. The van der Waals surface area contributed by atoms with Gasteiger partial charge < -0.3 is 15.6 Å². The van der Waals surface area contributed by atoms with Gasteiger partial charge >= 0.3 is 5.97 Å². The number of halogens is 2. The van der Waals surface area contributed by atoms with E-state index in [1.54, 1.807) is 6.07 Å². The zero-order valence-electron chi connectivity index (χ0n) is 11.9. The fourth-order valence-corrected chi connectivity index (χ4v) is 2.30. The number of benzene rings is 2. The lowest BCUT2D eigenvalue weighted by Gasteiger charge is -2.11. The van der Waals surface area contributed by atoms with E-state index >= 15 is 0 Å². The third-order valence-corrected chi connectivity index (χ3v) is 3.51. The minimum absolute atomic E-state index is 0.101. The van der Waals surface area contributed by atoms with Crippen LogP contribution in [-0.2, 0) is 11.2 Å². The van der Waals surface area contributed by atoms with Gasteiger partial charge in [0.2, 0.25) is 0 Å². The third-order valence-electron chi connectivity index (χ3n) is 3.02. The van der Waals surface area contributed by atoms with E-state index in [0.29, 0.717) is 10.2 Å². The van der Waals surface area contributed by atoms with Gasteiger partial charge in [-0.1, -0.05) is 22.0 Å². The molecule has 0 fully saturated rings. The normalized spacial score (nSPS) is 10.3. The molecular formula is C16H13BrFNO4. The van der Waals surface area contributed by atoms with Crippen LogP contribution in [0.4, 0.5) is 10.1 Å². The predicted molar refractivity (Wildman–Crippen MR) is 86.1 cm³/mol. The molecule has 0 unspecified atom stereocenters. The molecule has 0 spiro atoms. The van der Waals surface area contributed by atoms with Crippen molar-refractivity contribution in [3.63, 3.8) is 0 Å². The molecule has 5 nitrogen and oxygen atoms in total. The van der Waals surface area contributed by atoms with Crippen LogP contribution in [0.25, 0.3) is 0 Å². The van der Waals surface area contributed by atoms with Gasteiger partial charge in [-0.15, -0.1) is 0 Å². The summed E-state index contributed by atoms with van der Waals surface area (Å²) in [5.74, 6) is -1.99. The minimum Gasteiger partial charge on any atom is -0.481 e. The fraction of sp³-hybridized carbons (Fsp3) is 0.125. The van der Waals surface area contributed by atoms with E-state index < -0.39 is 24.2 Å². The highest BCUT2D eigenvalue weighted by molar-refractivity contribution is 9.10.